The minimum absolute atomic E-state index is 0.0306. The van der Waals surface area contributed by atoms with E-state index in [1.165, 1.54) is 0 Å². The van der Waals surface area contributed by atoms with Crippen molar-refractivity contribution in [1.29, 1.82) is 0 Å². The van der Waals surface area contributed by atoms with Gasteiger partial charge in [0, 0.05) is 0 Å². The van der Waals surface area contributed by atoms with E-state index in [0.29, 0.717) is 11.5 Å². The summed E-state index contributed by atoms with van der Waals surface area (Å²) in [4.78, 5) is 15.9. The molecule has 0 radical (unpaired) electrons. The topological polar surface area (TPSA) is 68.0 Å². The highest BCUT2D eigenvalue weighted by Crippen LogP contribution is 2.16. The first-order chi connectivity index (χ1) is 8.16. The molecule has 3 N–H and O–H groups in total. The molecule has 0 aliphatic carbocycles. The third kappa shape index (κ3) is 2.82. The largest absolute Gasteiger partial charge is 0.384 e. The molecule has 5 heteroatoms. The van der Waals surface area contributed by atoms with Crippen LogP contribution >= 0.6 is 11.3 Å². The number of nitrogens with one attached hydrogen (secondary N) is 1. The Kier molecular flexibility index (Phi) is 3.39. The summed E-state index contributed by atoms with van der Waals surface area (Å²) >= 11 is 1.61. The number of pyridine rings is 1. The molecule has 0 saturated heterocycles. The molecule has 0 bridgehead atoms. The first kappa shape index (κ1) is 11.6. The van der Waals surface area contributed by atoms with Crippen LogP contribution in [0.15, 0.2) is 35.0 Å². The van der Waals surface area contributed by atoms with Gasteiger partial charge in [0.15, 0.2) is 0 Å². The van der Waals surface area contributed by atoms with Crippen molar-refractivity contribution in [2.75, 3.05) is 5.73 Å². The summed E-state index contributed by atoms with van der Waals surface area (Å²) in [7, 11) is 0. The predicted molar refractivity (Wildman–Crippen MR) is 68.8 cm³/mol. The van der Waals surface area contributed by atoms with Crippen LogP contribution in [0.5, 0.6) is 0 Å². The Bertz CT molecular complexity index is 510. The molecular weight excluding hydrogens is 234 g/mol. The lowest BCUT2D eigenvalue weighted by atomic mass is 10.2. The zero-order chi connectivity index (χ0) is 12.3. The third-order valence-electron chi connectivity index (χ3n) is 2.39. The molecule has 0 aromatic carbocycles. The third-order valence-corrected chi connectivity index (χ3v) is 3.10. The summed E-state index contributed by atoms with van der Waals surface area (Å²) in [6.07, 6.45) is 0. The Hall–Kier alpha value is -1.88. The van der Waals surface area contributed by atoms with Crippen LogP contribution in [-0.2, 0) is 0 Å². The summed E-state index contributed by atoms with van der Waals surface area (Å²) in [5.74, 6) is 0.136. The Morgan fingerprint density at radius 3 is 2.94 bits per heavy atom. The number of nitrogens with zero attached hydrogens (tertiary/aromatic N) is 1. The molecule has 2 heterocycles. The smallest absolute Gasteiger partial charge is 0.270 e. The molecule has 2 aromatic rings. The van der Waals surface area contributed by atoms with Crippen LogP contribution in [0.3, 0.4) is 0 Å². The number of carbonyl (C=O) groups is 1. The van der Waals surface area contributed by atoms with Crippen molar-refractivity contribution in [1.82, 2.24) is 10.3 Å². The zero-order valence-corrected chi connectivity index (χ0v) is 10.2. The molecule has 0 aliphatic rings. The molecule has 2 rings (SSSR count). The van der Waals surface area contributed by atoms with E-state index in [1.807, 2.05) is 23.8 Å². The molecule has 0 saturated carbocycles. The molecule has 1 unspecified atom stereocenters. The Morgan fingerprint density at radius 2 is 2.29 bits per heavy atom. The van der Waals surface area contributed by atoms with Crippen molar-refractivity contribution in [3.05, 3.63) is 46.3 Å². The number of hydrogen-bond donors (Lipinski definition) is 2. The van der Waals surface area contributed by atoms with Gasteiger partial charge in [-0.15, -0.1) is 0 Å². The predicted octanol–water partition coefficient (Wildman–Crippen LogP) is 2.22. The van der Waals surface area contributed by atoms with E-state index in [-0.39, 0.29) is 11.9 Å². The minimum Gasteiger partial charge on any atom is -0.384 e. The quantitative estimate of drug-likeness (QED) is 0.873. The molecule has 17 heavy (non-hydrogen) atoms. The van der Waals surface area contributed by atoms with Crippen LogP contribution in [0.2, 0.25) is 0 Å². The molecule has 88 valence electrons. The van der Waals surface area contributed by atoms with Crippen LogP contribution in [0.4, 0.5) is 5.82 Å². The normalized spacial score (nSPS) is 12.1. The maximum Gasteiger partial charge on any atom is 0.270 e. The molecule has 2 aromatic heterocycles. The SMILES string of the molecule is CC(NC(=O)c1cccc(N)n1)c1ccsc1. The van der Waals surface area contributed by atoms with E-state index in [4.69, 9.17) is 5.73 Å². The lowest BCUT2D eigenvalue weighted by Crippen LogP contribution is -2.27. The van der Waals surface area contributed by atoms with Crippen molar-refractivity contribution in [2.45, 2.75) is 13.0 Å². The van der Waals surface area contributed by atoms with E-state index in [0.717, 1.165) is 5.56 Å². The molecule has 0 aliphatic heterocycles. The van der Waals surface area contributed by atoms with Crippen molar-refractivity contribution in [2.24, 2.45) is 0 Å². The number of thiophene rings is 1. The van der Waals surface area contributed by atoms with E-state index >= 15 is 0 Å². The molecule has 0 fully saturated rings. The first-order valence-electron chi connectivity index (χ1n) is 5.22. The fraction of sp³-hybridized carbons (Fsp3) is 0.167. The van der Waals surface area contributed by atoms with Crippen LogP contribution in [0.25, 0.3) is 0 Å². The number of rotatable bonds is 3. The van der Waals surface area contributed by atoms with Gasteiger partial charge in [-0.25, -0.2) is 4.98 Å². The molecular formula is C12H13N3OS. The average molecular weight is 247 g/mol. The second-order valence-electron chi connectivity index (χ2n) is 3.70. The summed E-state index contributed by atoms with van der Waals surface area (Å²) < 4.78 is 0. The van der Waals surface area contributed by atoms with Gasteiger partial charge in [0.1, 0.15) is 11.5 Å². The Labute approximate surface area is 103 Å². The van der Waals surface area contributed by atoms with Gasteiger partial charge in [-0.3, -0.25) is 4.79 Å². The second kappa shape index (κ2) is 4.97. The molecule has 0 spiro atoms. The van der Waals surface area contributed by atoms with Gasteiger partial charge in [0.25, 0.3) is 5.91 Å². The minimum atomic E-state index is -0.212. The van der Waals surface area contributed by atoms with Gasteiger partial charge in [-0.05, 0) is 41.4 Å². The number of nitrogen functional groups attached to an aromatic ring is 1. The molecule has 4 nitrogen and oxygen atoms in total. The van der Waals surface area contributed by atoms with E-state index in [1.54, 1.807) is 29.5 Å². The Balaban J connectivity index is 2.07. The monoisotopic (exact) mass is 247 g/mol. The van der Waals surface area contributed by atoms with Crippen LogP contribution < -0.4 is 11.1 Å². The first-order valence-corrected chi connectivity index (χ1v) is 6.16. The number of aromatic nitrogens is 1. The van der Waals surface area contributed by atoms with E-state index in [2.05, 4.69) is 10.3 Å². The van der Waals surface area contributed by atoms with Crippen LogP contribution in [0.1, 0.15) is 29.0 Å². The average Bonchev–Trinajstić information content (AvgIpc) is 2.82. The summed E-state index contributed by atoms with van der Waals surface area (Å²) in [6, 6.07) is 6.97. The van der Waals surface area contributed by atoms with Crippen molar-refractivity contribution >= 4 is 23.1 Å². The fourth-order valence-corrected chi connectivity index (χ4v) is 2.21. The molecule has 1 amide bonds. The fourth-order valence-electron chi connectivity index (χ4n) is 1.45. The zero-order valence-electron chi connectivity index (χ0n) is 9.38. The van der Waals surface area contributed by atoms with Gasteiger partial charge in [0.05, 0.1) is 6.04 Å². The summed E-state index contributed by atoms with van der Waals surface area (Å²) in [6.45, 7) is 1.94. The van der Waals surface area contributed by atoms with Crippen molar-refractivity contribution < 1.29 is 4.79 Å². The van der Waals surface area contributed by atoms with Crippen molar-refractivity contribution in [3.8, 4) is 0 Å². The number of amides is 1. The maximum absolute atomic E-state index is 11.9. The lowest BCUT2D eigenvalue weighted by Gasteiger charge is -2.12. The lowest BCUT2D eigenvalue weighted by molar-refractivity contribution is 0.0935. The highest BCUT2D eigenvalue weighted by Gasteiger charge is 2.12. The number of anilines is 1. The van der Waals surface area contributed by atoms with Gasteiger partial charge in [0.2, 0.25) is 0 Å². The Morgan fingerprint density at radius 1 is 1.47 bits per heavy atom. The van der Waals surface area contributed by atoms with Gasteiger partial charge >= 0.3 is 0 Å². The maximum atomic E-state index is 11.9. The highest BCUT2D eigenvalue weighted by atomic mass is 32.1. The number of hydrogen-bond acceptors (Lipinski definition) is 4. The number of nitrogens with two attached hydrogens (primary N) is 1. The summed E-state index contributed by atoms with van der Waals surface area (Å²) in [5.41, 5.74) is 6.96. The number of carbonyl (C=O) groups excluding carboxylic acids is 1. The van der Waals surface area contributed by atoms with Gasteiger partial charge in [-0.2, -0.15) is 11.3 Å². The van der Waals surface area contributed by atoms with Crippen LogP contribution in [0, 0.1) is 0 Å². The van der Waals surface area contributed by atoms with Gasteiger partial charge in [-0.1, -0.05) is 6.07 Å². The van der Waals surface area contributed by atoms with E-state index in [9.17, 15) is 4.79 Å². The molecule has 1 atom stereocenters. The second-order valence-corrected chi connectivity index (χ2v) is 4.48. The van der Waals surface area contributed by atoms with Crippen LogP contribution in [-0.4, -0.2) is 10.9 Å². The highest BCUT2D eigenvalue weighted by molar-refractivity contribution is 7.07. The van der Waals surface area contributed by atoms with Crippen molar-refractivity contribution in [3.63, 3.8) is 0 Å². The van der Waals surface area contributed by atoms with E-state index < -0.39 is 0 Å². The standard InChI is InChI=1S/C12H13N3OS/c1-8(9-5-6-17-7-9)14-12(16)10-3-2-4-11(13)15-10/h2-8H,1H3,(H2,13,15)(H,14,16). The van der Waals surface area contributed by atoms with Gasteiger partial charge < -0.3 is 11.1 Å². The summed E-state index contributed by atoms with van der Waals surface area (Å²) in [5, 5.41) is 6.87.